The number of likely N-dealkylation sites (N-methyl/N-ethyl adjacent to an activating group) is 1. The van der Waals surface area contributed by atoms with Crippen molar-refractivity contribution in [3.8, 4) is 0 Å². The van der Waals surface area contributed by atoms with Crippen molar-refractivity contribution in [1.29, 1.82) is 0 Å². The first kappa shape index (κ1) is 26.1. The molecule has 34 heavy (non-hydrogen) atoms. The Morgan fingerprint density at radius 3 is 2.26 bits per heavy atom. The molecule has 0 radical (unpaired) electrons. The highest BCUT2D eigenvalue weighted by Gasteiger charge is 2.30. The third kappa shape index (κ3) is 6.98. The van der Waals surface area contributed by atoms with Crippen molar-refractivity contribution in [3.63, 3.8) is 0 Å². The summed E-state index contributed by atoms with van der Waals surface area (Å²) in [4.78, 5) is 27.9. The topological polar surface area (TPSA) is 49.4 Å². The van der Waals surface area contributed by atoms with E-state index in [1.165, 1.54) is 22.7 Å². The summed E-state index contributed by atoms with van der Waals surface area (Å²) >= 11 is 14.1. The van der Waals surface area contributed by atoms with Crippen LogP contribution in [-0.2, 0) is 28.3 Å². The van der Waals surface area contributed by atoms with E-state index in [2.05, 4.69) is 5.32 Å². The molecule has 178 valence electrons. The predicted molar refractivity (Wildman–Crippen MR) is 138 cm³/mol. The van der Waals surface area contributed by atoms with Gasteiger partial charge in [0.2, 0.25) is 11.8 Å². The number of benzene rings is 3. The second kappa shape index (κ2) is 12.8. The fraction of sp³-hybridized carbons (Fsp3) is 0.231. The van der Waals surface area contributed by atoms with Gasteiger partial charge in [-0.15, -0.1) is 11.8 Å². The normalized spacial score (nSPS) is 11.6. The standard InChI is InChI=1S/C26H25Cl2FN2O2S/c1-30-26(33)24(14-18-8-3-2-4-9-18)31(15-20-21(27)11-7-12-22(20)28)25(32)17-34-16-19-10-5-6-13-23(19)29/h2-13,24H,14-17H2,1H3,(H,30,33). The lowest BCUT2D eigenvalue weighted by atomic mass is 10.0. The Hall–Kier alpha value is -2.54. The SMILES string of the molecule is CNC(=O)C(Cc1ccccc1)N(Cc1c(Cl)cccc1Cl)C(=O)CSCc1ccccc1F. The van der Waals surface area contributed by atoms with Crippen LogP contribution in [0.25, 0.3) is 0 Å². The number of halogens is 3. The summed E-state index contributed by atoms with van der Waals surface area (Å²) < 4.78 is 14.0. The Bertz CT molecular complexity index is 1110. The van der Waals surface area contributed by atoms with Gasteiger partial charge in [-0.25, -0.2) is 4.39 Å². The molecule has 4 nitrogen and oxygen atoms in total. The molecule has 0 heterocycles. The average molecular weight is 519 g/mol. The molecule has 3 rings (SSSR count). The Morgan fingerprint density at radius 2 is 1.62 bits per heavy atom. The van der Waals surface area contributed by atoms with E-state index in [1.54, 1.807) is 43.4 Å². The van der Waals surface area contributed by atoms with Crippen LogP contribution in [-0.4, -0.2) is 35.6 Å². The number of hydrogen-bond acceptors (Lipinski definition) is 3. The largest absolute Gasteiger partial charge is 0.357 e. The lowest BCUT2D eigenvalue weighted by Gasteiger charge is -2.31. The highest BCUT2D eigenvalue weighted by atomic mass is 35.5. The molecule has 0 aromatic heterocycles. The number of rotatable bonds is 10. The molecule has 0 fully saturated rings. The van der Waals surface area contributed by atoms with Crippen LogP contribution in [0.4, 0.5) is 4.39 Å². The van der Waals surface area contributed by atoms with Crippen molar-refractivity contribution in [2.75, 3.05) is 12.8 Å². The molecule has 8 heteroatoms. The third-order valence-corrected chi connectivity index (χ3v) is 7.02. The van der Waals surface area contributed by atoms with E-state index in [0.29, 0.717) is 33.3 Å². The van der Waals surface area contributed by atoms with E-state index >= 15 is 0 Å². The number of nitrogens with one attached hydrogen (secondary N) is 1. The van der Waals surface area contributed by atoms with Crippen molar-refractivity contribution in [3.05, 3.63) is 105 Å². The highest BCUT2D eigenvalue weighted by Crippen LogP contribution is 2.28. The minimum Gasteiger partial charge on any atom is -0.357 e. The third-order valence-electron chi connectivity index (χ3n) is 5.35. The van der Waals surface area contributed by atoms with Crippen molar-refractivity contribution in [2.24, 2.45) is 0 Å². The molecule has 0 aliphatic heterocycles. The van der Waals surface area contributed by atoms with Gasteiger partial charge in [-0.3, -0.25) is 9.59 Å². The number of carbonyl (C=O) groups is 2. The summed E-state index contributed by atoms with van der Waals surface area (Å²) in [6.07, 6.45) is 0.326. The molecular formula is C26H25Cl2FN2O2S. The molecule has 3 aromatic carbocycles. The van der Waals surface area contributed by atoms with Gasteiger partial charge in [-0.2, -0.15) is 0 Å². The Balaban J connectivity index is 1.87. The van der Waals surface area contributed by atoms with E-state index < -0.39 is 6.04 Å². The van der Waals surface area contributed by atoms with Crippen LogP contribution < -0.4 is 5.32 Å². The fourth-order valence-electron chi connectivity index (χ4n) is 3.52. The fourth-order valence-corrected chi connectivity index (χ4v) is 4.93. The van der Waals surface area contributed by atoms with Crippen LogP contribution in [0.5, 0.6) is 0 Å². The van der Waals surface area contributed by atoms with Crippen molar-refractivity contribution in [1.82, 2.24) is 10.2 Å². The van der Waals surface area contributed by atoms with Crippen LogP contribution >= 0.6 is 35.0 Å². The van der Waals surface area contributed by atoms with Gasteiger partial charge in [-0.05, 0) is 29.3 Å². The molecule has 0 aliphatic rings. The minimum atomic E-state index is -0.777. The van der Waals surface area contributed by atoms with Crippen molar-refractivity contribution in [2.45, 2.75) is 24.8 Å². The Kier molecular flexibility index (Phi) is 9.81. The van der Waals surface area contributed by atoms with Gasteiger partial charge < -0.3 is 10.2 Å². The molecule has 1 unspecified atom stereocenters. The second-order valence-electron chi connectivity index (χ2n) is 7.63. The number of amides is 2. The van der Waals surface area contributed by atoms with Gasteiger partial charge in [0.25, 0.3) is 0 Å². The molecule has 0 aliphatic carbocycles. The summed E-state index contributed by atoms with van der Waals surface area (Å²) in [5, 5.41) is 3.50. The molecule has 1 atom stereocenters. The summed E-state index contributed by atoms with van der Waals surface area (Å²) in [5.41, 5.74) is 2.01. The quantitative estimate of drug-likeness (QED) is 0.371. The molecule has 0 saturated carbocycles. The van der Waals surface area contributed by atoms with E-state index in [-0.39, 0.29) is 29.9 Å². The number of hydrogen-bond donors (Lipinski definition) is 1. The molecule has 0 saturated heterocycles. The lowest BCUT2D eigenvalue weighted by Crippen LogP contribution is -2.50. The molecule has 0 spiro atoms. The van der Waals surface area contributed by atoms with E-state index in [4.69, 9.17) is 23.2 Å². The maximum Gasteiger partial charge on any atom is 0.242 e. The Morgan fingerprint density at radius 1 is 0.971 bits per heavy atom. The summed E-state index contributed by atoms with van der Waals surface area (Å²) in [6.45, 7) is 0.0719. The number of nitrogens with zero attached hydrogens (tertiary/aromatic N) is 1. The highest BCUT2D eigenvalue weighted by molar-refractivity contribution is 7.99. The monoisotopic (exact) mass is 518 g/mol. The van der Waals surface area contributed by atoms with Crippen LogP contribution in [0.2, 0.25) is 10.0 Å². The van der Waals surface area contributed by atoms with Gasteiger partial charge in [0, 0.05) is 41.4 Å². The smallest absolute Gasteiger partial charge is 0.242 e. The number of thioether (sulfide) groups is 1. The first-order valence-corrected chi connectivity index (χ1v) is 12.6. The molecule has 0 bridgehead atoms. The predicted octanol–water partition coefficient (Wildman–Crippen LogP) is 5.75. The molecule has 1 N–H and O–H groups in total. The van der Waals surface area contributed by atoms with Crippen LogP contribution in [0, 0.1) is 5.82 Å². The number of carbonyl (C=O) groups excluding carboxylic acids is 2. The zero-order chi connectivity index (χ0) is 24.5. The Labute approximate surface area is 213 Å². The van der Waals surface area contributed by atoms with Gasteiger partial charge in [0.05, 0.1) is 5.75 Å². The van der Waals surface area contributed by atoms with Crippen molar-refractivity contribution < 1.29 is 14.0 Å². The second-order valence-corrected chi connectivity index (χ2v) is 9.43. The van der Waals surface area contributed by atoms with Gasteiger partial charge in [0.1, 0.15) is 11.9 Å². The van der Waals surface area contributed by atoms with E-state index in [0.717, 1.165) is 5.56 Å². The zero-order valence-corrected chi connectivity index (χ0v) is 21.0. The van der Waals surface area contributed by atoms with Gasteiger partial charge in [0.15, 0.2) is 0 Å². The van der Waals surface area contributed by atoms with E-state index in [9.17, 15) is 14.0 Å². The van der Waals surface area contributed by atoms with Crippen LogP contribution in [0.15, 0.2) is 72.8 Å². The molecule has 3 aromatic rings. The minimum absolute atomic E-state index is 0.0681. The summed E-state index contributed by atoms with van der Waals surface area (Å²) in [6, 6.07) is 20.3. The first-order chi connectivity index (χ1) is 16.4. The zero-order valence-electron chi connectivity index (χ0n) is 18.6. The first-order valence-electron chi connectivity index (χ1n) is 10.7. The van der Waals surface area contributed by atoms with Gasteiger partial charge in [-0.1, -0.05) is 77.8 Å². The van der Waals surface area contributed by atoms with Gasteiger partial charge >= 0.3 is 0 Å². The molecular weight excluding hydrogens is 494 g/mol. The van der Waals surface area contributed by atoms with Crippen LogP contribution in [0.3, 0.4) is 0 Å². The maximum absolute atomic E-state index is 14.0. The lowest BCUT2D eigenvalue weighted by molar-refractivity contribution is -0.139. The summed E-state index contributed by atoms with van der Waals surface area (Å²) in [7, 11) is 1.54. The maximum atomic E-state index is 14.0. The summed E-state index contributed by atoms with van der Waals surface area (Å²) in [5.74, 6) is -0.461. The van der Waals surface area contributed by atoms with Crippen molar-refractivity contribution >= 4 is 46.8 Å². The van der Waals surface area contributed by atoms with Crippen LogP contribution in [0.1, 0.15) is 16.7 Å². The van der Waals surface area contributed by atoms with E-state index in [1.807, 2.05) is 30.3 Å². The average Bonchev–Trinajstić information content (AvgIpc) is 2.84. The molecule has 2 amide bonds.